The number of nitrogens with zero attached hydrogens (tertiary/aromatic N) is 2. The number of imide groups is 1. The second-order valence-electron chi connectivity index (χ2n) is 8.19. The fourth-order valence-corrected chi connectivity index (χ4v) is 3.96. The normalized spacial score (nSPS) is 17.1. The van der Waals surface area contributed by atoms with E-state index in [-0.39, 0.29) is 42.5 Å². The maximum atomic E-state index is 12.7. The molecule has 2 aliphatic heterocycles. The van der Waals surface area contributed by atoms with Crippen LogP contribution in [0.3, 0.4) is 0 Å². The van der Waals surface area contributed by atoms with Crippen molar-refractivity contribution in [3.05, 3.63) is 35.4 Å². The first-order chi connectivity index (χ1) is 13.9. The van der Waals surface area contributed by atoms with Gasteiger partial charge in [0.2, 0.25) is 11.8 Å². The maximum absolute atomic E-state index is 12.7. The topological polar surface area (TPSA) is 86.8 Å². The van der Waals surface area contributed by atoms with Gasteiger partial charge < -0.3 is 10.2 Å². The van der Waals surface area contributed by atoms with Crippen LogP contribution in [-0.2, 0) is 9.59 Å². The molecule has 1 atom stereocenters. The van der Waals surface area contributed by atoms with Gasteiger partial charge in [-0.2, -0.15) is 0 Å². The van der Waals surface area contributed by atoms with E-state index >= 15 is 0 Å². The molecule has 0 unspecified atom stereocenters. The smallest absolute Gasteiger partial charge is 0.261 e. The molecule has 1 aromatic carbocycles. The van der Waals surface area contributed by atoms with Crippen LogP contribution < -0.4 is 5.32 Å². The van der Waals surface area contributed by atoms with E-state index in [9.17, 15) is 19.2 Å². The predicted molar refractivity (Wildman–Crippen MR) is 108 cm³/mol. The highest BCUT2D eigenvalue weighted by Gasteiger charge is 2.34. The Labute approximate surface area is 171 Å². The Morgan fingerprint density at radius 1 is 1.03 bits per heavy atom. The van der Waals surface area contributed by atoms with Crippen molar-refractivity contribution in [3.8, 4) is 0 Å². The second-order valence-corrected chi connectivity index (χ2v) is 8.19. The van der Waals surface area contributed by atoms with Gasteiger partial charge in [0.1, 0.15) is 6.04 Å². The Kier molecular flexibility index (Phi) is 6.67. The number of likely N-dealkylation sites (tertiary alicyclic amines) is 1. The number of hydrogen-bond donors (Lipinski definition) is 1. The number of amides is 4. The van der Waals surface area contributed by atoms with Gasteiger partial charge in [0.05, 0.1) is 11.1 Å². The van der Waals surface area contributed by atoms with Crippen molar-refractivity contribution in [2.75, 3.05) is 19.6 Å². The van der Waals surface area contributed by atoms with E-state index in [1.54, 1.807) is 24.3 Å². The summed E-state index contributed by atoms with van der Waals surface area (Å²) in [6.07, 6.45) is 3.14. The van der Waals surface area contributed by atoms with E-state index in [0.29, 0.717) is 24.0 Å². The number of carbonyl (C=O) groups is 4. The summed E-state index contributed by atoms with van der Waals surface area (Å²) >= 11 is 0. The number of benzene rings is 1. The highest BCUT2D eigenvalue weighted by Crippen LogP contribution is 2.22. The highest BCUT2D eigenvalue weighted by molar-refractivity contribution is 6.21. The number of fused-ring (bicyclic) bond motifs is 1. The SMILES string of the molecule is CC(C)C[C@@H](NC(=O)CCCN1C(=O)c2ccccc2C1=O)C(=O)N1CCCC1. The Hall–Kier alpha value is -2.70. The zero-order valence-corrected chi connectivity index (χ0v) is 17.1. The minimum Gasteiger partial charge on any atom is -0.344 e. The van der Waals surface area contributed by atoms with Gasteiger partial charge in [0.15, 0.2) is 0 Å². The fraction of sp³-hybridized carbons (Fsp3) is 0.545. The lowest BCUT2D eigenvalue weighted by Gasteiger charge is -2.25. The lowest BCUT2D eigenvalue weighted by atomic mass is 10.0. The first kappa shape index (κ1) is 21.0. The van der Waals surface area contributed by atoms with Gasteiger partial charge in [-0.1, -0.05) is 26.0 Å². The molecule has 2 aliphatic rings. The first-order valence-corrected chi connectivity index (χ1v) is 10.4. The van der Waals surface area contributed by atoms with Gasteiger partial charge in [-0.05, 0) is 43.7 Å². The second kappa shape index (κ2) is 9.20. The number of nitrogens with one attached hydrogen (secondary N) is 1. The van der Waals surface area contributed by atoms with Crippen molar-refractivity contribution >= 4 is 23.6 Å². The van der Waals surface area contributed by atoms with Crippen molar-refractivity contribution in [2.45, 2.75) is 52.0 Å². The molecule has 0 aromatic heterocycles. The highest BCUT2D eigenvalue weighted by atomic mass is 16.2. The molecule has 2 heterocycles. The first-order valence-electron chi connectivity index (χ1n) is 10.4. The van der Waals surface area contributed by atoms with Crippen LogP contribution in [0.25, 0.3) is 0 Å². The van der Waals surface area contributed by atoms with E-state index in [0.717, 1.165) is 25.9 Å². The third-order valence-electron chi connectivity index (χ3n) is 5.42. The summed E-state index contributed by atoms with van der Waals surface area (Å²) in [6, 6.07) is 6.23. The number of hydrogen-bond acceptors (Lipinski definition) is 4. The van der Waals surface area contributed by atoms with Gasteiger partial charge in [0, 0.05) is 26.1 Å². The standard InChI is InChI=1S/C22H29N3O4/c1-15(2)14-18(22(29)24-11-5-6-12-24)23-19(26)10-7-13-25-20(27)16-8-3-4-9-17(16)21(25)28/h3-4,8-9,15,18H,5-7,10-14H2,1-2H3,(H,23,26)/t18-/m1/s1. The molecule has 0 radical (unpaired) electrons. The quantitative estimate of drug-likeness (QED) is 0.679. The Morgan fingerprint density at radius 2 is 1.62 bits per heavy atom. The summed E-state index contributed by atoms with van der Waals surface area (Å²) in [5.41, 5.74) is 0.824. The zero-order valence-electron chi connectivity index (χ0n) is 17.1. The molecule has 0 saturated carbocycles. The van der Waals surface area contributed by atoms with Crippen molar-refractivity contribution in [1.82, 2.24) is 15.1 Å². The molecule has 1 N–H and O–H groups in total. The molecule has 29 heavy (non-hydrogen) atoms. The minimum atomic E-state index is -0.514. The minimum absolute atomic E-state index is 0.00935. The van der Waals surface area contributed by atoms with Crippen LogP contribution in [-0.4, -0.2) is 59.1 Å². The summed E-state index contributed by atoms with van der Waals surface area (Å²) in [7, 11) is 0. The molecule has 0 spiro atoms. The fourth-order valence-electron chi connectivity index (χ4n) is 3.96. The van der Waals surface area contributed by atoms with Gasteiger partial charge >= 0.3 is 0 Å². The van der Waals surface area contributed by atoms with Crippen LogP contribution in [0.1, 0.15) is 66.7 Å². The predicted octanol–water partition coefficient (Wildman–Crippen LogP) is 2.22. The van der Waals surface area contributed by atoms with Crippen LogP contribution in [0.15, 0.2) is 24.3 Å². The van der Waals surface area contributed by atoms with Crippen LogP contribution in [0.5, 0.6) is 0 Å². The summed E-state index contributed by atoms with van der Waals surface area (Å²) in [5, 5.41) is 2.87. The summed E-state index contributed by atoms with van der Waals surface area (Å²) in [4.78, 5) is 52.9. The van der Waals surface area contributed by atoms with Crippen LogP contribution in [0.4, 0.5) is 0 Å². The molecule has 1 aromatic rings. The Morgan fingerprint density at radius 3 is 2.17 bits per heavy atom. The van der Waals surface area contributed by atoms with Crippen molar-refractivity contribution in [2.24, 2.45) is 5.92 Å². The largest absolute Gasteiger partial charge is 0.344 e. The van der Waals surface area contributed by atoms with E-state index in [1.807, 2.05) is 18.7 Å². The molecule has 156 valence electrons. The molecule has 0 aliphatic carbocycles. The maximum Gasteiger partial charge on any atom is 0.261 e. The van der Waals surface area contributed by atoms with Gasteiger partial charge in [0.25, 0.3) is 11.8 Å². The third kappa shape index (κ3) is 4.83. The zero-order chi connectivity index (χ0) is 21.0. The van der Waals surface area contributed by atoms with E-state index in [2.05, 4.69) is 5.32 Å². The van der Waals surface area contributed by atoms with Crippen molar-refractivity contribution < 1.29 is 19.2 Å². The van der Waals surface area contributed by atoms with Crippen molar-refractivity contribution in [1.29, 1.82) is 0 Å². The lowest BCUT2D eigenvalue weighted by Crippen LogP contribution is -2.48. The van der Waals surface area contributed by atoms with Gasteiger partial charge in [-0.25, -0.2) is 0 Å². The van der Waals surface area contributed by atoms with Crippen LogP contribution in [0, 0.1) is 5.92 Å². The molecule has 4 amide bonds. The average molecular weight is 399 g/mol. The van der Waals surface area contributed by atoms with E-state index < -0.39 is 6.04 Å². The lowest BCUT2D eigenvalue weighted by molar-refractivity contribution is -0.136. The van der Waals surface area contributed by atoms with E-state index in [1.165, 1.54) is 4.90 Å². The summed E-state index contributed by atoms with van der Waals surface area (Å²) in [5.74, 6) is -0.573. The molecule has 0 bridgehead atoms. The van der Waals surface area contributed by atoms with Crippen molar-refractivity contribution in [3.63, 3.8) is 0 Å². The number of rotatable bonds is 8. The summed E-state index contributed by atoms with van der Waals surface area (Å²) in [6.45, 7) is 5.75. The molecule has 3 rings (SSSR count). The molecule has 7 heteroatoms. The molecule has 7 nitrogen and oxygen atoms in total. The number of carbonyl (C=O) groups excluding carboxylic acids is 4. The summed E-state index contributed by atoms with van der Waals surface area (Å²) < 4.78 is 0. The molecule has 1 fully saturated rings. The van der Waals surface area contributed by atoms with E-state index in [4.69, 9.17) is 0 Å². The average Bonchev–Trinajstić information content (AvgIpc) is 3.30. The third-order valence-corrected chi connectivity index (χ3v) is 5.42. The molecular weight excluding hydrogens is 370 g/mol. The molecule has 1 saturated heterocycles. The van der Waals surface area contributed by atoms with Crippen LogP contribution in [0.2, 0.25) is 0 Å². The molecular formula is C22H29N3O4. The Balaban J connectivity index is 1.51. The monoisotopic (exact) mass is 399 g/mol. The Bertz CT molecular complexity index is 764. The van der Waals surface area contributed by atoms with Crippen LogP contribution >= 0.6 is 0 Å². The van der Waals surface area contributed by atoms with Gasteiger partial charge in [-0.3, -0.25) is 24.1 Å². The van der Waals surface area contributed by atoms with Gasteiger partial charge in [-0.15, -0.1) is 0 Å².